The zero-order chi connectivity index (χ0) is 14.0. The van der Waals surface area contributed by atoms with Crippen LogP contribution in [0.2, 0.25) is 0 Å². The highest BCUT2D eigenvalue weighted by Gasteiger charge is 2.19. The Kier molecular flexibility index (Phi) is 6.61. The second-order valence-corrected chi connectivity index (χ2v) is 5.11. The maximum atomic E-state index is 5.69. The van der Waals surface area contributed by atoms with Crippen molar-refractivity contribution in [1.82, 2.24) is 5.32 Å². The monoisotopic (exact) mass is 275 g/mol. The van der Waals surface area contributed by atoms with E-state index in [4.69, 9.17) is 9.47 Å². The van der Waals surface area contributed by atoms with Gasteiger partial charge in [-0.2, -0.15) is 0 Å². The molecule has 0 radical (unpaired) electrons. The van der Waals surface area contributed by atoms with E-state index in [-0.39, 0.29) is 0 Å². The van der Waals surface area contributed by atoms with Crippen molar-refractivity contribution in [3.8, 4) is 5.75 Å². The first-order valence-corrected chi connectivity index (χ1v) is 7.48. The SMILES string of the molecule is COCCNCC/C=C/CC1CCOc2ccccc21. The Morgan fingerprint density at radius 3 is 3.10 bits per heavy atom. The summed E-state index contributed by atoms with van der Waals surface area (Å²) in [5.41, 5.74) is 1.36. The predicted octanol–water partition coefficient (Wildman–Crippen LogP) is 3.13. The third-order valence-electron chi connectivity index (χ3n) is 3.64. The van der Waals surface area contributed by atoms with Gasteiger partial charge in [0.25, 0.3) is 0 Å². The Morgan fingerprint density at radius 2 is 2.20 bits per heavy atom. The third-order valence-corrected chi connectivity index (χ3v) is 3.64. The standard InChI is InChI=1S/C17H25NO2/c1-19-14-12-18-11-6-2-3-7-15-10-13-20-17-9-5-4-8-16(15)17/h2-5,8-9,15,18H,6-7,10-14H2,1H3/b3-2+. The summed E-state index contributed by atoms with van der Waals surface area (Å²) in [6, 6.07) is 8.41. The maximum absolute atomic E-state index is 5.69. The normalized spacial score (nSPS) is 17.9. The molecule has 1 aliphatic rings. The maximum Gasteiger partial charge on any atom is 0.122 e. The van der Waals surface area contributed by atoms with E-state index in [0.717, 1.165) is 51.3 Å². The summed E-state index contributed by atoms with van der Waals surface area (Å²) in [6.45, 7) is 3.57. The van der Waals surface area contributed by atoms with Gasteiger partial charge < -0.3 is 14.8 Å². The molecule has 1 aromatic carbocycles. The first-order chi connectivity index (χ1) is 9.92. The molecule has 1 N–H and O–H groups in total. The van der Waals surface area contributed by atoms with Crippen molar-refractivity contribution in [3.05, 3.63) is 42.0 Å². The number of fused-ring (bicyclic) bond motifs is 1. The average Bonchev–Trinajstić information content (AvgIpc) is 2.50. The molecule has 1 aliphatic heterocycles. The van der Waals surface area contributed by atoms with Crippen molar-refractivity contribution in [3.63, 3.8) is 0 Å². The lowest BCUT2D eigenvalue weighted by atomic mass is 9.90. The average molecular weight is 275 g/mol. The molecule has 1 aromatic rings. The Hall–Kier alpha value is -1.32. The smallest absolute Gasteiger partial charge is 0.122 e. The number of allylic oxidation sites excluding steroid dienone is 1. The van der Waals surface area contributed by atoms with Crippen LogP contribution in [-0.4, -0.2) is 33.4 Å². The summed E-state index contributed by atoms with van der Waals surface area (Å²) >= 11 is 0. The van der Waals surface area contributed by atoms with Crippen LogP contribution in [0.5, 0.6) is 5.75 Å². The number of benzene rings is 1. The highest BCUT2D eigenvalue weighted by molar-refractivity contribution is 5.38. The van der Waals surface area contributed by atoms with Gasteiger partial charge in [-0.05, 0) is 43.4 Å². The summed E-state index contributed by atoms with van der Waals surface area (Å²) in [5.74, 6) is 1.68. The molecule has 2 rings (SSSR count). The lowest BCUT2D eigenvalue weighted by molar-refractivity contribution is 0.199. The van der Waals surface area contributed by atoms with E-state index in [9.17, 15) is 0 Å². The molecule has 0 aromatic heterocycles. The van der Waals surface area contributed by atoms with Gasteiger partial charge in [0, 0.05) is 13.7 Å². The number of hydrogen-bond donors (Lipinski definition) is 1. The molecule has 0 amide bonds. The van der Waals surface area contributed by atoms with Crippen molar-refractivity contribution in [2.75, 3.05) is 33.4 Å². The second kappa shape index (κ2) is 8.77. The summed E-state index contributed by atoms with van der Waals surface area (Å²) in [6.07, 6.45) is 7.89. The molecule has 0 saturated heterocycles. The topological polar surface area (TPSA) is 30.5 Å². The lowest BCUT2D eigenvalue weighted by Gasteiger charge is -2.24. The van der Waals surface area contributed by atoms with Crippen molar-refractivity contribution in [1.29, 1.82) is 0 Å². The molecule has 3 nitrogen and oxygen atoms in total. The summed E-state index contributed by atoms with van der Waals surface area (Å²) in [7, 11) is 1.73. The van der Waals surface area contributed by atoms with Crippen LogP contribution in [0.3, 0.4) is 0 Å². The molecule has 0 spiro atoms. The van der Waals surface area contributed by atoms with Gasteiger partial charge in [-0.15, -0.1) is 0 Å². The minimum atomic E-state index is 0.609. The van der Waals surface area contributed by atoms with Crippen LogP contribution >= 0.6 is 0 Å². The summed E-state index contributed by atoms with van der Waals surface area (Å²) in [5, 5.41) is 3.34. The Labute approximate surface area is 122 Å². The largest absolute Gasteiger partial charge is 0.493 e. The molecule has 1 unspecified atom stereocenters. The van der Waals surface area contributed by atoms with Gasteiger partial charge in [-0.1, -0.05) is 30.4 Å². The highest BCUT2D eigenvalue weighted by atomic mass is 16.5. The molecular formula is C17H25NO2. The minimum Gasteiger partial charge on any atom is -0.493 e. The predicted molar refractivity (Wildman–Crippen MR) is 82.4 cm³/mol. The zero-order valence-electron chi connectivity index (χ0n) is 12.3. The molecule has 110 valence electrons. The molecule has 0 aliphatic carbocycles. The number of methoxy groups -OCH3 is 1. The van der Waals surface area contributed by atoms with Crippen LogP contribution in [0.25, 0.3) is 0 Å². The zero-order valence-corrected chi connectivity index (χ0v) is 12.3. The van der Waals surface area contributed by atoms with Crippen molar-refractivity contribution >= 4 is 0 Å². The second-order valence-electron chi connectivity index (χ2n) is 5.11. The number of para-hydroxylation sites is 1. The van der Waals surface area contributed by atoms with Crippen LogP contribution < -0.4 is 10.1 Å². The van der Waals surface area contributed by atoms with Gasteiger partial charge in [0.15, 0.2) is 0 Å². The fourth-order valence-electron chi connectivity index (χ4n) is 2.52. The van der Waals surface area contributed by atoms with E-state index >= 15 is 0 Å². The number of ether oxygens (including phenoxy) is 2. The molecule has 1 heterocycles. The molecule has 3 heteroatoms. The first kappa shape index (κ1) is 15.1. The Bertz CT molecular complexity index is 417. The van der Waals surface area contributed by atoms with E-state index in [0.29, 0.717) is 5.92 Å². The minimum absolute atomic E-state index is 0.609. The summed E-state index contributed by atoms with van der Waals surface area (Å²) < 4.78 is 10.7. The molecule has 20 heavy (non-hydrogen) atoms. The first-order valence-electron chi connectivity index (χ1n) is 7.48. The van der Waals surface area contributed by atoms with Crippen LogP contribution in [0, 0.1) is 0 Å². The van der Waals surface area contributed by atoms with Crippen LogP contribution in [0.15, 0.2) is 36.4 Å². The lowest BCUT2D eigenvalue weighted by Crippen LogP contribution is -2.19. The van der Waals surface area contributed by atoms with E-state index < -0.39 is 0 Å². The van der Waals surface area contributed by atoms with Gasteiger partial charge in [0.1, 0.15) is 5.75 Å². The van der Waals surface area contributed by atoms with Gasteiger partial charge >= 0.3 is 0 Å². The summed E-state index contributed by atoms with van der Waals surface area (Å²) in [4.78, 5) is 0. The Morgan fingerprint density at radius 1 is 1.30 bits per heavy atom. The van der Waals surface area contributed by atoms with E-state index in [1.807, 2.05) is 6.07 Å². The van der Waals surface area contributed by atoms with Gasteiger partial charge in [-0.25, -0.2) is 0 Å². The highest BCUT2D eigenvalue weighted by Crippen LogP contribution is 2.35. The van der Waals surface area contributed by atoms with E-state index in [2.05, 4.69) is 35.7 Å². The number of nitrogens with one attached hydrogen (secondary N) is 1. The van der Waals surface area contributed by atoms with Crippen molar-refractivity contribution < 1.29 is 9.47 Å². The van der Waals surface area contributed by atoms with Crippen LogP contribution in [0.1, 0.15) is 30.7 Å². The third kappa shape index (κ3) is 4.66. The van der Waals surface area contributed by atoms with E-state index in [1.54, 1.807) is 7.11 Å². The van der Waals surface area contributed by atoms with Crippen molar-refractivity contribution in [2.45, 2.75) is 25.2 Å². The van der Waals surface area contributed by atoms with Gasteiger partial charge in [-0.3, -0.25) is 0 Å². The molecule has 0 saturated carbocycles. The van der Waals surface area contributed by atoms with Gasteiger partial charge in [0.05, 0.1) is 13.2 Å². The number of rotatable bonds is 8. The molecule has 1 atom stereocenters. The fraction of sp³-hybridized carbons (Fsp3) is 0.529. The number of hydrogen-bond acceptors (Lipinski definition) is 3. The van der Waals surface area contributed by atoms with Crippen molar-refractivity contribution in [2.24, 2.45) is 0 Å². The quantitative estimate of drug-likeness (QED) is 0.584. The van der Waals surface area contributed by atoms with Gasteiger partial charge in [0.2, 0.25) is 0 Å². The van der Waals surface area contributed by atoms with Crippen LogP contribution in [-0.2, 0) is 4.74 Å². The van der Waals surface area contributed by atoms with E-state index in [1.165, 1.54) is 5.56 Å². The molecular weight excluding hydrogens is 250 g/mol. The Balaban J connectivity index is 1.70. The molecule has 0 fully saturated rings. The van der Waals surface area contributed by atoms with Crippen LogP contribution in [0.4, 0.5) is 0 Å². The fourth-order valence-corrected chi connectivity index (χ4v) is 2.52. The molecule has 0 bridgehead atoms.